The molecule has 0 spiro atoms. The van der Waals surface area contributed by atoms with Crippen LogP contribution < -0.4 is 16.4 Å². The van der Waals surface area contributed by atoms with E-state index < -0.39 is 0 Å². The van der Waals surface area contributed by atoms with Crippen molar-refractivity contribution in [2.24, 2.45) is 23.5 Å². The highest BCUT2D eigenvalue weighted by Crippen LogP contribution is 2.29. The summed E-state index contributed by atoms with van der Waals surface area (Å²) in [7, 11) is 0. The summed E-state index contributed by atoms with van der Waals surface area (Å²) in [6.45, 7) is 1.75. The van der Waals surface area contributed by atoms with Crippen LogP contribution in [0.25, 0.3) is 0 Å². The Morgan fingerprint density at radius 3 is 2.16 bits per heavy atom. The molecule has 2 atom stereocenters. The monoisotopic (exact) mass is 267 g/mol. The van der Waals surface area contributed by atoms with Gasteiger partial charge >= 0.3 is 0 Å². The highest BCUT2D eigenvalue weighted by Gasteiger charge is 2.29. The third-order valence-electron chi connectivity index (χ3n) is 4.16. The molecular formula is C14H25N3O2. The van der Waals surface area contributed by atoms with Crippen LogP contribution in [0.3, 0.4) is 0 Å². The largest absolute Gasteiger partial charge is 0.354 e. The summed E-state index contributed by atoms with van der Waals surface area (Å²) in [5.74, 6) is 1.11. The molecule has 2 aliphatic rings. The summed E-state index contributed by atoms with van der Waals surface area (Å²) in [5.41, 5.74) is 5.68. The molecular weight excluding hydrogens is 242 g/mol. The fraction of sp³-hybridized carbons (Fsp3) is 0.857. The summed E-state index contributed by atoms with van der Waals surface area (Å²) in [4.78, 5) is 23.4. The van der Waals surface area contributed by atoms with Crippen LogP contribution in [0.2, 0.25) is 0 Å². The van der Waals surface area contributed by atoms with E-state index in [1.54, 1.807) is 0 Å². The summed E-state index contributed by atoms with van der Waals surface area (Å²) in [6, 6.07) is 0. The standard InChI is InChI=1S/C14H25N3O2/c15-9-10-2-1-3-12(8-10)14(19)17-7-6-16-13(18)11-4-5-11/h10-12H,1-9,15H2,(H,16,18)(H,17,19). The maximum absolute atomic E-state index is 12.0. The van der Waals surface area contributed by atoms with Gasteiger partial charge in [-0.1, -0.05) is 6.42 Å². The lowest BCUT2D eigenvalue weighted by Crippen LogP contribution is -2.39. The molecule has 2 saturated carbocycles. The van der Waals surface area contributed by atoms with Gasteiger partial charge < -0.3 is 16.4 Å². The molecule has 5 nitrogen and oxygen atoms in total. The molecule has 2 rings (SSSR count). The number of rotatable bonds is 6. The molecule has 0 heterocycles. The van der Waals surface area contributed by atoms with Gasteiger partial charge in [-0.2, -0.15) is 0 Å². The van der Waals surface area contributed by atoms with Gasteiger partial charge in [-0.25, -0.2) is 0 Å². The number of carbonyl (C=O) groups is 2. The highest BCUT2D eigenvalue weighted by atomic mass is 16.2. The predicted molar refractivity (Wildman–Crippen MR) is 73.2 cm³/mol. The van der Waals surface area contributed by atoms with E-state index in [-0.39, 0.29) is 23.7 Å². The van der Waals surface area contributed by atoms with Gasteiger partial charge in [0.1, 0.15) is 0 Å². The Morgan fingerprint density at radius 2 is 1.58 bits per heavy atom. The van der Waals surface area contributed by atoms with E-state index in [9.17, 15) is 9.59 Å². The molecule has 4 N–H and O–H groups in total. The van der Waals surface area contributed by atoms with Gasteiger partial charge in [0.25, 0.3) is 0 Å². The molecule has 19 heavy (non-hydrogen) atoms. The Morgan fingerprint density at radius 1 is 0.947 bits per heavy atom. The van der Waals surface area contributed by atoms with Gasteiger partial charge in [-0.3, -0.25) is 9.59 Å². The number of nitrogens with two attached hydrogens (primary N) is 1. The van der Waals surface area contributed by atoms with E-state index in [0.717, 1.165) is 38.5 Å². The molecule has 2 unspecified atom stereocenters. The Bertz CT molecular complexity index is 329. The van der Waals surface area contributed by atoms with Crippen LogP contribution in [0.4, 0.5) is 0 Å². The lowest BCUT2D eigenvalue weighted by molar-refractivity contribution is -0.127. The Labute approximate surface area is 114 Å². The van der Waals surface area contributed by atoms with Gasteiger partial charge in [0.05, 0.1) is 0 Å². The van der Waals surface area contributed by atoms with E-state index in [2.05, 4.69) is 10.6 Å². The number of hydrogen-bond acceptors (Lipinski definition) is 3. The highest BCUT2D eigenvalue weighted by molar-refractivity contribution is 5.81. The van der Waals surface area contributed by atoms with E-state index in [1.165, 1.54) is 0 Å². The molecule has 0 aromatic carbocycles. The molecule has 0 bridgehead atoms. The van der Waals surface area contributed by atoms with Gasteiger partial charge in [-0.05, 0) is 44.6 Å². The molecule has 5 heteroatoms. The average Bonchev–Trinajstić information content (AvgIpc) is 3.27. The van der Waals surface area contributed by atoms with Gasteiger partial charge in [-0.15, -0.1) is 0 Å². The number of amides is 2. The second kappa shape index (κ2) is 6.89. The maximum atomic E-state index is 12.0. The summed E-state index contributed by atoms with van der Waals surface area (Å²) >= 11 is 0. The molecule has 2 fully saturated rings. The van der Waals surface area contributed by atoms with E-state index in [4.69, 9.17) is 5.73 Å². The first-order chi connectivity index (χ1) is 9.20. The van der Waals surface area contributed by atoms with Crippen LogP contribution in [-0.4, -0.2) is 31.4 Å². The normalized spacial score (nSPS) is 26.8. The number of carbonyl (C=O) groups excluding carboxylic acids is 2. The third-order valence-corrected chi connectivity index (χ3v) is 4.16. The Hall–Kier alpha value is -1.10. The minimum Gasteiger partial charge on any atom is -0.354 e. The summed E-state index contributed by atoms with van der Waals surface area (Å²) in [6.07, 6.45) is 6.16. The second-order valence-electron chi connectivity index (χ2n) is 5.82. The molecule has 2 aliphatic carbocycles. The lowest BCUT2D eigenvalue weighted by atomic mass is 9.81. The third kappa shape index (κ3) is 4.49. The van der Waals surface area contributed by atoms with Crippen LogP contribution in [-0.2, 0) is 9.59 Å². The minimum absolute atomic E-state index is 0.112. The van der Waals surface area contributed by atoms with E-state index in [0.29, 0.717) is 25.6 Å². The molecule has 0 saturated heterocycles. The van der Waals surface area contributed by atoms with Crippen molar-refractivity contribution in [1.82, 2.24) is 10.6 Å². The Balaban J connectivity index is 1.59. The number of nitrogens with one attached hydrogen (secondary N) is 2. The molecule has 108 valence electrons. The molecule has 0 aromatic heterocycles. The SMILES string of the molecule is NCC1CCCC(C(=O)NCCNC(=O)C2CC2)C1. The van der Waals surface area contributed by atoms with Crippen LogP contribution in [0, 0.1) is 17.8 Å². The van der Waals surface area contributed by atoms with Gasteiger partial charge in [0.2, 0.25) is 11.8 Å². The van der Waals surface area contributed by atoms with Gasteiger partial charge in [0.15, 0.2) is 0 Å². The van der Waals surface area contributed by atoms with Crippen LogP contribution in [0.5, 0.6) is 0 Å². The van der Waals surface area contributed by atoms with Crippen LogP contribution in [0.1, 0.15) is 38.5 Å². The quantitative estimate of drug-likeness (QED) is 0.609. The fourth-order valence-corrected chi connectivity index (χ4v) is 2.75. The average molecular weight is 267 g/mol. The topological polar surface area (TPSA) is 84.2 Å². The molecule has 0 aliphatic heterocycles. The second-order valence-corrected chi connectivity index (χ2v) is 5.82. The summed E-state index contributed by atoms with van der Waals surface area (Å²) in [5, 5.41) is 5.77. The van der Waals surface area contributed by atoms with Crippen LogP contribution >= 0.6 is 0 Å². The van der Waals surface area contributed by atoms with Crippen molar-refractivity contribution in [3.63, 3.8) is 0 Å². The summed E-state index contributed by atoms with van der Waals surface area (Å²) < 4.78 is 0. The molecule has 2 amide bonds. The van der Waals surface area contributed by atoms with Crippen molar-refractivity contribution in [2.45, 2.75) is 38.5 Å². The predicted octanol–water partition coefficient (Wildman–Crippen LogP) is 0.394. The first-order valence-corrected chi connectivity index (χ1v) is 7.46. The smallest absolute Gasteiger partial charge is 0.223 e. The maximum Gasteiger partial charge on any atom is 0.223 e. The van der Waals surface area contributed by atoms with Crippen molar-refractivity contribution in [1.29, 1.82) is 0 Å². The Kier molecular flexibility index (Phi) is 5.19. The van der Waals surface area contributed by atoms with E-state index >= 15 is 0 Å². The fourth-order valence-electron chi connectivity index (χ4n) is 2.75. The first-order valence-electron chi connectivity index (χ1n) is 7.46. The van der Waals surface area contributed by atoms with Crippen molar-refractivity contribution in [3.05, 3.63) is 0 Å². The minimum atomic E-state index is 0.112. The molecule has 0 radical (unpaired) electrons. The van der Waals surface area contributed by atoms with Crippen molar-refractivity contribution in [3.8, 4) is 0 Å². The zero-order chi connectivity index (χ0) is 13.7. The van der Waals surface area contributed by atoms with Gasteiger partial charge in [0, 0.05) is 24.9 Å². The zero-order valence-electron chi connectivity index (χ0n) is 11.5. The first kappa shape index (κ1) is 14.3. The van der Waals surface area contributed by atoms with Crippen molar-refractivity contribution < 1.29 is 9.59 Å². The van der Waals surface area contributed by atoms with Crippen molar-refractivity contribution in [2.75, 3.05) is 19.6 Å². The van der Waals surface area contributed by atoms with Crippen LogP contribution in [0.15, 0.2) is 0 Å². The lowest BCUT2D eigenvalue weighted by Gasteiger charge is -2.27. The van der Waals surface area contributed by atoms with E-state index in [1.807, 2.05) is 0 Å². The molecule has 0 aromatic rings. The number of hydrogen-bond donors (Lipinski definition) is 3. The van der Waals surface area contributed by atoms with Crippen molar-refractivity contribution >= 4 is 11.8 Å². The zero-order valence-corrected chi connectivity index (χ0v) is 11.5.